The Labute approximate surface area is 101 Å². The lowest BCUT2D eigenvalue weighted by Crippen LogP contribution is -2.23. The molecular weight excluding hydrogens is 214 g/mol. The Bertz CT molecular complexity index is 505. The molecule has 0 fully saturated rings. The molecule has 1 aromatic carbocycles. The van der Waals surface area contributed by atoms with E-state index in [0.29, 0.717) is 0 Å². The van der Waals surface area contributed by atoms with E-state index in [9.17, 15) is 5.11 Å². The molecule has 17 heavy (non-hydrogen) atoms. The largest absolute Gasteiger partial charge is 0.508 e. The van der Waals surface area contributed by atoms with Gasteiger partial charge in [0.15, 0.2) is 0 Å². The maximum atomic E-state index is 9.39. The minimum atomic E-state index is 0.279. The summed E-state index contributed by atoms with van der Waals surface area (Å²) in [5.74, 6) is 0.279. The minimum Gasteiger partial charge on any atom is -0.508 e. The molecular formula is C13H18N3O+. The topological polar surface area (TPSA) is 55.1 Å². The average molecular weight is 232 g/mol. The van der Waals surface area contributed by atoms with Crippen LogP contribution in [-0.4, -0.2) is 9.67 Å². The zero-order valence-electron chi connectivity index (χ0n) is 10.0. The zero-order valence-corrected chi connectivity index (χ0v) is 10.0. The monoisotopic (exact) mass is 232 g/mol. The minimum absolute atomic E-state index is 0.279. The third-order valence-electron chi connectivity index (χ3n) is 2.81. The molecule has 3 N–H and O–H groups in total. The van der Waals surface area contributed by atoms with Gasteiger partial charge in [-0.3, -0.25) is 0 Å². The number of anilines is 1. The SMILES string of the molecule is C[n+]1ccn(CCCc2cc(O)ccc2N)c1. The fraction of sp³-hybridized carbons (Fsp3) is 0.308. The van der Waals surface area contributed by atoms with E-state index in [4.69, 9.17) is 5.73 Å². The summed E-state index contributed by atoms with van der Waals surface area (Å²) < 4.78 is 4.15. The van der Waals surface area contributed by atoms with Gasteiger partial charge in [-0.05, 0) is 36.6 Å². The molecule has 0 radical (unpaired) electrons. The van der Waals surface area contributed by atoms with Gasteiger partial charge in [-0.2, -0.15) is 0 Å². The fourth-order valence-electron chi connectivity index (χ4n) is 1.89. The van der Waals surface area contributed by atoms with E-state index >= 15 is 0 Å². The molecule has 0 atom stereocenters. The molecule has 2 aromatic rings. The number of aromatic hydroxyl groups is 1. The van der Waals surface area contributed by atoms with E-state index in [1.54, 1.807) is 18.2 Å². The smallest absolute Gasteiger partial charge is 0.243 e. The number of nitrogens with two attached hydrogens (primary N) is 1. The summed E-state index contributed by atoms with van der Waals surface area (Å²) in [4.78, 5) is 0. The Kier molecular flexibility index (Phi) is 3.32. The normalized spacial score (nSPS) is 10.6. The number of nitrogens with zero attached hydrogens (tertiary/aromatic N) is 2. The maximum Gasteiger partial charge on any atom is 0.243 e. The molecule has 0 aliphatic carbocycles. The first-order chi connectivity index (χ1) is 8.15. The van der Waals surface area contributed by atoms with Gasteiger partial charge in [0, 0.05) is 5.69 Å². The van der Waals surface area contributed by atoms with Gasteiger partial charge in [0.2, 0.25) is 6.33 Å². The Morgan fingerprint density at radius 2 is 2.24 bits per heavy atom. The third-order valence-corrected chi connectivity index (χ3v) is 2.81. The van der Waals surface area contributed by atoms with E-state index in [0.717, 1.165) is 30.6 Å². The van der Waals surface area contributed by atoms with Crippen LogP contribution in [0.5, 0.6) is 5.75 Å². The Balaban J connectivity index is 1.91. The van der Waals surface area contributed by atoms with Crippen LogP contribution in [-0.2, 0) is 20.0 Å². The predicted octanol–water partition coefficient (Wildman–Crippen LogP) is 1.23. The summed E-state index contributed by atoms with van der Waals surface area (Å²) in [5.41, 5.74) is 7.62. The summed E-state index contributed by atoms with van der Waals surface area (Å²) in [5, 5.41) is 9.39. The first kappa shape index (κ1) is 11.5. The molecule has 0 bridgehead atoms. The van der Waals surface area contributed by atoms with E-state index < -0.39 is 0 Å². The number of aromatic nitrogens is 2. The second-order valence-electron chi connectivity index (χ2n) is 4.30. The van der Waals surface area contributed by atoms with Crippen molar-refractivity contribution < 1.29 is 9.67 Å². The highest BCUT2D eigenvalue weighted by Gasteiger charge is 2.03. The van der Waals surface area contributed by atoms with Gasteiger partial charge in [-0.15, -0.1) is 0 Å². The molecule has 2 rings (SSSR count). The van der Waals surface area contributed by atoms with Gasteiger partial charge in [0.05, 0.1) is 13.6 Å². The lowest BCUT2D eigenvalue weighted by Gasteiger charge is -2.05. The van der Waals surface area contributed by atoms with Gasteiger partial charge >= 0.3 is 0 Å². The summed E-state index contributed by atoms with van der Waals surface area (Å²) in [6.07, 6.45) is 7.99. The molecule has 0 unspecified atom stereocenters. The highest BCUT2D eigenvalue weighted by atomic mass is 16.3. The van der Waals surface area contributed by atoms with Gasteiger partial charge in [0.25, 0.3) is 0 Å². The molecule has 0 spiro atoms. The summed E-state index contributed by atoms with van der Waals surface area (Å²) in [6, 6.07) is 5.11. The van der Waals surface area contributed by atoms with Crippen molar-refractivity contribution in [3.05, 3.63) is 42.5 Å². The van der Waals surface area contributed by atoms with Gasteiger partial charge in [-0.1, -0.05) is 0 Å². The molecule has 0 saturated heterocycles. The second-order valence-corrected chi connectivity index (χ2v) is 4.30. The fourth-order valence-corrected chi connectivity index (χ4v) is 1.89. The zero-order chi connectivity index (χ0) is 12.3. The summed E-state index contributed by atoms with van der Waals surface area (Å²) >= 11 is 0. The molecule has 0 aliphatic rings. The van der Waals surface area contributed by atoms with Crippen molar-refractivity contribution in [1.82, 2.24) is 4.57 Å². The molecule has 1 aromatic heterocycles. The standard InChI is InChI=1S/C13H17N3O/c1-15-7-8-16(10-15)6-2-3-11-9-12(17)4-5-13(11)14/h4-5,7-10H,2-3,6,14H2,1H3/p+1. The summed E-state index contributed by atoms with van der Waals surface area (Å²) in [7, 11) is 2.00. The van der Waals surface area contributed by atoms with E-state index in [-0.39, 0.29) is 5.75 Å². The first-order valence-electron chi connectivity index (χ1n) is 5.73. The number of hydrogen-bond acceptors (Lipinski definition) is 2. The van der Waals surface area contributed by atoms with Crippen LogP contribution in [0.4, 0.5) is 5.69 Å². The van der Waals surface area contributed by atoms with Crippen molar-refractivity contribution in [2.24, 2.45) is 7.05 Å². The number of imidazole rings is 1. The number of phenols is 1. The quantitative estimate of drug-likeness (QED) is 0.473. The van der Waals surface area contributed by atoms with E-state index in [1.807, 2.05) is 30.3 Å². The van der Waals surface area contributed by atoms with E-state index in [1.165, 1.54) is 0 Å². The van der Waals surface area contributed by atoms with Crippen LogP contribution >= 0.6 is 0 Å². The van der Waals surface area contributed by atoms with Crippen molar-refractivity contribution >= 4 is 5.69 Å². The number of aryl methyl sites for hydroxylation is 3. The Hall–Kier alpha value is -1.97. The van der Waals surface area contributed by atoms with Crippen LogP contribution < -0.4 is 10.3 Å². The second kappa shape index (κ2) is 4.91. The highest BCUT2D eigenvalue weighted by molar-refractivity contribution is 5.50. The van der Waals surface area contributed by atoms with Crippen LogP contribution in [0.25, 0.3) is 0 Å². The van der Waals surface area contributed by atoms with Gasteiger partial charge in [0.1, 0.15) is 18.1 Å². The van der Waals surface area contributed by atoms with Gasteiger partial charge in [-0.25, -0.2) is 9.13 Å². The first-order valence-corrected chi connectivity index (χ1v) is 5.73. The molecule has 0 aliphatic heterocycles. The number of rotatable bonds is 4. The van der Waals surface area contributed by atoms with Gasteiger partial charge < -0.3 is 10.8 Å². The summed E-state index contributed by atoms with van der Waals surface area (Å²) in [6.45, 7) is 0.954. The molecule has 4 nitrogen and oxygen atoms in total. The number of hydrogen-bond donors (Lipinski definition) is 2. The van der Waals surface area contributed by atoms with Crippen LogP contribution in [0.3, 0.4) is 0 Å². The Morgan fingerprint density at radius 3 is 2.94 bits per heavy atom. The van der Waals surface area contributed by atoms with Crippen molar-refractivity contribution in [3.8, 4) is 5.75 Å². The van der Waals surface area contributed by atoms with Crippen LogP contribution in [0.2, 0.25) is 0 Å². The Morgan fingerprint density at radius 1 is 1.41 bits per heavy atom. The predicted molar refractivity (Wildman–Crippen MR) is 66.4 cm³/mol. The van der Waals surface area contributed by atoms with Crippen molar-refractivity contribution in [1.29, 1.82) is 0 Å². The maximum absolute atomic E-state index is 9.39. The molecule has 4 heteroatoms. The number of phenolic OH excluding ortho intramolecular Hbond substituents is 1. The van der Waals surface area contributed by atoms with E-state index in [2.05, 4.69) is 4.57 Å². The van der Waals surface area contributed by atoms with Crippen LogP contribution in [0.1, 0.15) is 12.0 Å². The van der Waals surface area contributed by atoms with Crippen LogP contribution in [0, 0.1) is 0 Å². The molecule has 1 heterocycles. The van der Waals surface area contributed by atoms with Crippen LogP contribution in [0.15, 0.2) is 36.9 Å². The molecule has 0 amide bonds. The number of benzene rings is 1. The lowest BCUT2D eigenvalue weighted by molar-refractivity contribution is -0.671. The molecule has 90 valence electrons. The molecule has 0 saturated carbocycles. The highest BCUT2D eigenvalue weighted by Crippen LogP contribution is 2.19. The van der Waals surface area contributed by atoms with Crippen molar-refractivity contribution in [3.63, 3.8) is 0 Å². The van der Waals surface area contributed by atoms with Crippen molar-refractivity contribution in [2.45, 2.75) is 19.4 Å². The number of nitrogen functional groups attached to an aromatic ring is 1. The average Bonchev–Trinajstić information content (AvgIpc) is 2.69. The lowest BCUT2D eigenvalue weighted by atomic mass is 10.1. The van der Waals surface area contributed by atoms with Crippen molar-refractivity contribution in [2.75, 3.05) is 5.73 Å². The third kappa shape index (κ3) is 3.00.